The van der Waals surface area contributed by atoms with Crippen LogP contribution in [0.15, 0.2) is 59.8 Å². The number of aromatic nitrogens is 3. The number of nitrogens with one attached hydrogen (secondary N) is 1. The number of imidazole rings is 1. The minimum Gasteiger partial charge on any atom is -0.434 e. The maximum atomic E-state index is 15.0. The smallest absolute Gasteiger partial charge is 0.387 e. The Morgan fingerprint density at radius 1 is 1.19 bits per heavy atom. The number of nitrogens with zero attached hydrogens (tertiary/aromatic N) is 3. The van der Waals surface area contributed by atoms with Crippen LogP contribution in [-0.4, -0.2) is 33.9 Å². The normalized spacial score (nSPS) is 15.8. The van der Waals surface area contributed by atoms with Crippen molar-refractivity contribution in [1.82, 2.24) is 19.9 Å². The van der Waals surface area contributed by atoms with Crippen LogP contribution in [-0.2, 0) is 6.54 Å². The molecule has 164 valence electrons. The van der Waals surface area contributed by atoms with Gasteiger partial charge in [0.1, 0.15) is 17.4 Å². The molecule has 9 heteroatoms. The van der Waals surface area contributed by atoms with Crippen molar-refractivity contribution in [3.05, 3.63) is 71.9 Å². The van der Waals surface area contributed by atoms with E-state index in [2.05, 4.69) is 15.3 Å². The van der Waals surface area contributed by atoms with E-state index >= 15 is 0 Å². The zero-order valence-corrected chi connectivity index (χ0v) is 17.9. The Morgan fingerprint density at radius 3 is 2.78 bits per heavy atom. The molecule has 1 atom stereocenters. The predicted molar refractivity (Wildman–Crippen MR) is 118 cm³/mol. The van der Waals surface area contributed by atoms with E-state index in [-0.39, 0.29) is 11.8 Å². The number of benzene rings is 2. The summed E-state index contributed by atoms with van der Waals surface area (Å²) < 4.78 is 47.7. The summed E-state index contributed by atoms with van der Waals surface area (Å²) in [5.41, 5.74) is 2.91. The van der Waals surface area contributed by atoms with Crippen molar-refractivity contribution in [2.24, 2.45) is 0 Å². The number of rotatable bonds is 5. The average Bonchev–Trinajstić information content (AvgIpc) is 3.16. The van der Waals surface area contributed by atoms with E-state index in [1.165, 1.54) is 23.9 Å². The monoisotopic (exact) mass is 456 g/mol. The minimum atomic E-state index is -2.93. The molecule has 0 bridgehead atoms. The molecule has 2 aromatic heterocycles. The molecule has 1 aliphatic rings. The lowest BCUT2D eigenvalue weighted by atomic mass is 10.0. The minimum absolute atomic E-state index is 0.114. The fourth-order valence-corrected chi connectivity index (χ4v) is 4.50. The molecule has 0 amide bonds. The van der Waals surface area contributed by atoms with Crippen molar-refractivity contribution in [1.29, 1.82) is 0 Å². The first kappa shape index (κ1) is 20.8. The molecule has 0 unspecified atom stereocenters. The van der Waals surface area contributed by atoms with Gasteiger partial charge in [0.05, 0.1) is 28.6 Å². The van der Waals surface area contributed by atoms with E-state index in [4.69, 9.17) is 4.74 Å². The Kier molecular flexibility index (Phi) is 5.52. The van der Waals surface area contributed by atoms with Crippen molar-refractivity contribution in [3.63, 3.8) is 0 Å². The topological polar surface area (TPSA) is 52.0 Å². The number of para-hydroxylation sites is 1. The molecule has 2 aromatic carbocycles. The van der Waals surface area contributed by atoms with E-state index < -0.39 is 12.4 Å². The van der Waals surface area contributed by atoms with Gasteiger partial charge in [0.15, 0.2) is 0 Å². The Balaban J connectivity index is 1.66. The van der Waals surface area contributed by atoms with Crippen LogP contribution in [0.1, 0.15) is 17.4 Å². The third-order valence-electron chi connectivity index (χ3n) is 5.53. The molecule has 1 N–H and O–H groups in total. The van der Waals surface area contributed by atoms with Crippen LogP contribution in [0.3, 0.4) is 0 Å². The molecule has 1 aliphatic heterocycles. The SMILES string of the molecule is CSc1ccc(-c2cc3c(cc2F)nc2n3[C@@H](c3ccccc3OC(F)F)CNC2)cn1. The lowest BCUT2D eigenvalue weighted by Crippen LogP contribution is -2.34. The van der Waals surface area contributed by atoms with Gasteiger partial charge in [0, 0.05) is 35.5 Å². The number of pyridine rings is 1. The quantitative estimate of drug-likeness (QED) is 0.416. The maximum Gasteiger partial charge on any atom is 0.387 e. The highest BCUT2D eigenvalue weighted by molar-refractivity contribution is 7.98. The summed E-state index contributed by atoms with van der Waals surface area (Å²) in [6.45, 7) is -1.94. The number of halogens is 3. The molecule has 0 aliphatic carbocycles. The first-order valence-corrected chi connectivity index (χ1v) is 11.2. The molecule has 32 heavy (non-hydrogen) atoms. The summed E-state index contributed by atoms with van der Waals surface area (Å²) in [4.78, 5) is 8.94. The predicted octanol–water partition coefficient (Wildman–Crippen LogP) is 5.25. The van der Waals surface area contributed by atoms with Crippen LogP contribution in [0.25, 0.3) is 22.2 Å². The Bertz CT molecular complexity index is 1280. The number of fused-ring (bicyclic) bond motifs is 3. The largest absolute Gasteiger partial charge is 0.434 e. The van der Waals surface area contributed by atoms with Crippen LogP contribution < -0.4 is 10.1 Å². The Morgan fingerprint density at radius 2 is 2.03 bits per heavy atom. The summed E-state index contributed by atoms with van der Waals surface area (Å²) in [5.74, 6) is 0.427. The highest BCUT2D eigenvalue weighted by atomic mass is 32.2. The second-order valence-electron chi connectivity index (χ2n) is 7.37. The standard InChI is InChI=1S/C23H19F3N4OS/c1-32-22-7-6-13(10-28-22)15-8-18-17(9-16(15)24)29-21-12-27-11-19(30(18)21)14-4-2-3-5-20(14)31-23(25)26/h2-10,19,23,27H,11-12H2,1H3/t19-/m1/s1. The first-order chi connectivity index (χ1) is 15.5. The molecule has 0 saturated heterocycles. The van der Waals surface area contributed by atoms with Gasteiger partial charge in [-0.15, -0.1) is 11.8 Å². The van der Waals surface area contributed by atoms with Gasteiger partial charge in [-0.25, -0.2) is 14.4 Å². The van der Waals surface area contributed by atoms with Gasteiger partial charge < -0.3 is 14.6 Å². The maximum absolute atomic E-state index is 15.0. The third-order valence-corrected chi connectivity index (χ3v) is 6.19. The zero-order valence-electron chi connectivity index (χ0n) is 17.1. The summed E-state index contributed by atoms with van der Waals surface area (Å²) >= 11 is 1.51. The molecule has 3 heterocycles. The van der Waals surface area contributed by atoms with E-state index in [1.807, 2.05) is 23.0 Å². The van der Waals surface area contributed by atoms with E-state index in [0.717, 1.165) is 10.5 Å². The molecule has 0 saturated carbocycles. The van der Waals surface area contributed by atoms with Gasteiger partial charge in [0.25, 0.3) is 0 Å². The van der Waals surface area contributed by atoms with Crippen LogP contribution in [0, 0.1) is 5.82 Å². The number of thioether (sulfide) groups is 1. The Hall–Kier alpha value is -3.04. The zero-order chi connectivity index (χ0) is 22.2. The van der Waals surface area contributed by atoms with Crippen molar-refractivity contribution in [2.75, 3.05) is 12.8 Å². The molecular formula is C23H19F3N4OS. The van der Waals surface area contributed by atoms with Crippen molar-refractivity contribution in [2.45, 2.75) is 24.2 Å². The number of alkyl halides is 2. The van der Waals surface area contributed by atoms with Gasteiger partial charge in [-0.05, 0) is 24.5 Å². The lowest BCUT2D eigenvalue weighted by molar-refractivity contribution is -0.0507. The third kappa shape index (κ3) is 3.71. The molecule has 4 aromatic rings. The fraction of sp³-hybridized carbons (Fsp3) is 0.217. The summed E-state index contributed by atoms with van der Waals surface area (Å²) in [6.07, 6.45) is 3.57. The van der Waals surface area contributed by atoms with Gasteiger partial charge in [-0.1, -0.05) is 24.3 Å². The second kappa shape index (κ2) is 8.48. The highest BCUT2D eigenvalue weighted by Gasteiger charge is 2.28. The molecule has 5 rings (SSSR count). The van der Waals surface area contributed by atoms with Crippen molar-refractivity contribution < 1.29 is 17.9 Å². The van der Waals surface area contributed by atoms with Crippen LogP contribution in [0.4, 0.5) is 13.2 Å². The van der Waals surface area contributed by atoms with Gasteiger partial charge in [-0.3, -0.25) is 0 Å². The molecule has 0 fully saturated rings. The van der Waals surface area contributed by atoms with Crippen LogP contribution in [0.5, 0.6) is 5.75 Å². The van der Waals surface area contributed by atoms with E-state index in [9.17, 15) is 13.2 Å². The fourth-order valence-electron chi connectivity index (χ4n) is 4.14. The van der Waals surface area contributed by atoms with Gasteiger partial charge in [-0.2, -0.15) is 8.78 Å². The van der Waals surface area contributed by atoms with Crippen LogP contribution >= 0.6 is 11.8 Å². The second-order valence-corrected chi connectivity index (χ2v) is 8.20. The average molecular weight is 456 g/mol. The van der Waals surface area contributed by atoms with Crippen molar-refractivity contribution in [3.8, 4) is 16.9 Å². The number of hydrogen-bond acceptors (Lipinski definition) is 5. The first-order valence-electron chi connectivity index (χ1n) is 10.0. The molecular weight excluding hydrogens is 437 g/mol. The van der Waals surface area contributed by atoms with Crippen LogP contribution in [0.2, 0.25) is 0 Å². The number of ether oxygens (including phenoxy) is 1. The van der Waals surface area contributed by atoms with Crippen molar-refractivity contribution >= 4 is 22.8 Å². The lowest BCUT2D eigenvalue weighted by Gasteiger charge is -2.28. The van der Waals surface area contributed by atoms with Gasteiger partial charge >= 0.3 is 6.61 Å². The number of hydrogen-bond donors (Lipinski definition) is 1. The molecule has 5 nitrogen and oxygen atoms in total. The van der Waals surface area contributed by atoms with E-state index in [0.29, 0.717) is 41.1 Å². The van der Waals surface area contributed by atoms with E-state index in [1.54, 1.807) is 30.5 Å². The Labute approximate surface area is 186 Å². The molecule has 0 radical (unpaired) electrons. The van der Waals surface area contributed by atoms with Gasteiger partial charge in [0.2, 0.25) is 0 Å². The molecule has 0 spiro atoms. The summed E-state index contributed by atoms with van der Waals surface area (Å²) in [6, 6.07) is 13.2. The summed E-state index contributed by atoms with van der Waals surface area (Å²) in [7, 11) is 0. The summed E-state index contributed by atoms with van der Waals surface area (Å²) in [5, 5.41) is 4.12. The highest BCUT2D eigenvalue weighted by Crippen LogP contribution is 2.36.